The summed E-state index contributed by atoms with van der Waals surface area (Å²) in [6.07, 6.45) is 0.633. The molecule has 0 aliphatic carbocycles. The second kappa shape index (κ2) is 5.57. The Hall–Kier alpha value is -1.62. The van der Waals surface area contributed by atoms with E-state index in [1.807, 2.05) is 6.92 Å². The molecule has 4 nitrogen and oxygen atoms in total. The van der Waals surface area contributed by atoms with Crippen LogP contribution in [0.3, 0.4) is 0 Å². The van der Waals surface area contributed by atoms with Crippen LogP contribution in [-0.4, -0.2) is 35.7 Å². The van der Waals surface area contributed by atoms with E-state index in [0.717, 1.165) is 5.56 Å². The number of likely N-dealkylation sites (tertiary alicyclic amines) is 1. The van der Waals surface area contributed by atoms with E-state index in [-0.39, 0.29) is 17.8 Å². The average Bonchev–Trinajstić information content (AvgIpc) is 2.71. The third kappa shape index (κ3) is 2.87. The molecule has 1 fully saturated rings. The minimum Gasteiger partial charge on any atom is -0.496 e. The van der Waals surface area contributed by atoms with Gasteiger partial charge >= 0.3 is 5.97 Å². The fraction of sp³-hybridized carbons (Fsp3) is 0.500. The van der Waals surface area contributed by atoms with Crippen molar-refractivity contribution in [1.82, 2.24) is 4.90 Å². The van der Waals surface area contributed by atoms with Gasteiger partial charge in [-0.3, -0.25) is 9.69 Å². The summed E-state index contributed by atoms with van der Waals surface area (Å²) >= 11 is 0. The predicted octanol–water partition coefficient (Wildman–Crippen LogP) is 2.13. The second-order valence-electron chi connectivity index (χ2n) is 4.90. The van der Waals surface area contributed by atoms with Crippen molar-refractivity contribution in [3.8, 4) is 5.75 Å². The van der Waals surface area contributed by atoms with E-state index in [9.17, 15) is 9.18 Å². The van der Waals surface area contributed by atoms with Crippen molar-refractivity contribution in [3.05, 3.63) is 29.6 Å². The summed E-state index contributed by atoms with van der Waals surface area (Å²) in [7, 11) is 1.55. The fourth-order valence-corrected chi connectivity index (χ4v) is 2.65. The van der Waals surface area contributed by atoms with Gasteiger partial charge in [-0.05, 0) is 38.1 Å². The normalized spacial score (nSPS) is 23.5. The molecule has 2 atom stereocenters. The van der Waals surface area contributed by atoms with Gasteiger partial charge in [0.05, 0.1) is 13.0 Å². The molecule has 1 heterocycles. The minimum absolute atomic E-state index is 0.0505. The van der Waals surface area contributed by atoms with Crippen LogP contribution in [0.25, 0.3) is 0 Å². The quantitative estimate of drug-likeness (QED) is 0.908. The van der Waals surface area contributed by atoms with Crippen LogP contribution in [0.15, 0.2) is 18.2 Å². The zero-order valence-electron chi connectivity index (χ0n) is 11.1. The third-order valence-corrected chi connectivity index (χ3v) is 3.82. The number of carbonyl (C=O) groups is 1. The summed E-state index contributed by atoms with van der Waals surface area (Å²) in [6.45, 7) is 3.11. The number of carboxylic acid groups (broad SMARTS) is 1. The molecule has 1 aromatic carbocycles. The summed E-state index contributed by atoms with van der Waals surface area (Å²) in [4.78, 5) is 13.1. The number of nitrogens with zero attached hydrogens (tertiary/aromatic N) is 1. The highest BCUT2D eigenvalue weighted by molar-refractivity contribution is 5.71. The fourth-order valence-electron chi connectivity index (χ4n) is 2.65. The van der Waals surface area contributed by atoms with Gasteiger partial charge in [0.15, 0.2) is 0 Å². The first-order chi connectivity index (χ1) is 9.02. The highest BCUT2D eigenvalue weighted by Crippen LogP contribution is 2.29. The molecule has 104 valence electrons. The van der Waals surface area contributed by atoms with Gasteiger partial charge in [-0.25, -0.2) is 4.39 Å². The van der Waals surface area contributed by atoms with Crippen LogP contribution < -0.4 is 4.74 Å². The van der Waals surface area contributed by atoms with E-state index in [2.05, 4.69) is 4.90 Å². The smallest absolute Gasteiger partial charge is 0.308 e. The number of ether oxygens (including phenoxy) is 1. The molecule has 5 heteroatoms. The number of aliphatic carboxylic acids is 1. The Morgan fingerprint density at radius 3 is 2.89 bits per heavy atom. The van der Waals surface area contributed by atoms with Crippen molar-refractivity contribution in [3.63, 3.8) is 0 Å². The van der Waals surface area contributed by atoms with Crippen LogP contribution in [0, 0.1) is 11.7 Å². The molecule has 19 heavy (non-hydrogen) atoms. The molecule has 0 bridgehead atoms. The number of rotatable bonds is 4. The maximum absolute atomic E-state index is 13.3. The van der Waals surface area contributed by atoms with Gasteiger partial charge in [0.1, 0.15) is 11.6 Å². The van der Waals surface area contributed by atoms with Crippen LogP contribution in [0.1, 0.15) is 18.9 Å². The number of carboxylic acids is 1. The molecule has 0 aromatic heterocycles. The number of benzene rings is 1. The van der Waals surface area contributed by atoms with Crippen molar-refractivity contribution in [2.24, 2.45) is 5.92 Å². The zero-order chi connectivity index (χ0) is 14.0. The highest BCUT2D eigenvalue weighted by Gasteiger charge is 2.35. The van der Waals surface area contributed by atoms with Gasteiger partial charge in [0, 0.05) is 18.2 Å². The van der Waals surface area contributed by atoms with E-state index in [4.69, 9.17) is 9.84 Å². The molecule has 2 unspecified atom stereocenters. The number of methoxy groups -OCH3 is 1. The lowest BCUT2D eigenvalue weighted by molar-refractivity contribution is -0.142. The van der Waals surface area contributed by atoms with E-state index in [1.165, 1.54) is 12.1 Å². The Balaban J connectivity index is 2.14. The SMILES string of the molecule is COc1ccc(F)cc1CN1CCC(C(=O)O)C1C. The van der Waals surface area contributed by atoms with Gasteiger partial charge in [0.2, 0.25) is 0 Å². The Labute approximate surface area is 111 Å². The van der Waals surface area contributed by atoms with E-state index in [1.54, 1.807) is 13.2 Å². The van der Waals surface area contributed by atoms with Crippen molar-refractivity contribution < 1.29 is 19.0 Å². The Morgan fingerprint density at radius 2 is 2.32 bits per heavy atom. The first-order valence-electron chi connectivity index (χ1n) is 6.32. The molecule has 1 saturated heterocycles. The topological polar surface area (TPSA) is 49.8 Å². The van der Waals surface area contributed by atoms with Gasteiger partial charge < -0.3 is 9.84 Å². The lowest BCUT2D eigenvalue weighted by Crippen LogP contribution is -2.32. The molecule has 0 spiro atoms. The molecule has 1 aliphatic rings. The zero-order valence-corrected chi connectivity index (χ0v) is 11.1. The number of hydrogen-bond acceptors (Lipinski definition) is 3. The lowest BCUT2D eigenvalue weighted by atomic mass is 10.0. The Morgan fingerprint density at radius 1 is 1.58 bits per heavy atom. The first kappa shape index (κ1) is 13.8. The largest absolute Gasteiger partial charge is 0.496 e. The minimum atomic E-state index is -0.763. The summed E-state index contributed by atoms with van der Waals surface area (Å²) in [6, 6.07) is 4.35. The second-order valence-corrected chi connectivity index (χ2v) is 4.90. The third-order valence-electron chi connectivity index (χ3n) is 3.82. The monoisotopic (exact) mass is 267 g/mol. The molecule has 0 amide bonds. The molecule has 0 radical (unpaired) electrons. The van der Waals surface area contributed by atoms with Crippen LogP contribution in [-0.2, 0) is 11.3 Å². The van der Waals surface area contributed by atoms with E-state index in [0.29, 0.717) is 25.3 Å². The first-order valence-corrected chi connectivity index (χ1v) is 6.32. The maximum atomic E-state index is 13.3. The average molecular weight is 267 g/mol. The molecular formula is C14H18FNO3. The molecule has 1 aliphatic heterocycles. The van der Waals surface area contributed by atoms with Gasteiger partial charge in [-0.15, -0.1) is 0 Å². The number of halogens is 1. The molecule has 0 saturated carbocycles. The molecule has 2 rings (SSSR count). The highest BCUT2D eigenvalue weighted by atomic mass is 19.1. The summed E-state index contributed by atoms with van der Waals surface area (Å²) in [5.41, 5.74) is 0.750. The van der Waals surface area contributed by atoms with Gasteiger partial charge in [-0.1, -0.05) is 0 Å². The summed E-state index contributed by atoms with van der Waals surface area (Å²) < 4.78 is 18.5. The van der Waals surface area contributed by atoms with Crippen LogP contribution in [0.2, 0.25) is 0 Å². The Kier molecular flexibility index (Phi) is 4.04. The van der Waals surface area contributed by atoms with Crippen molar-refractivity contribution in [1.29, 1.82) is 0 Å². The van der Waals surface area contributed by atoms with Crippen molar-refractivity contribution >= 4 is 5.97 Å². The lowest BCUT2D eigenvalue weighted by Gasteiger charge is -2.23. The van der Waals surface area contributed by atoms with Crippen molar-refractivity contribution in [2.45, 2.75) is 25.9 Å². The van der Waals surface area contributed by atoms with Crippen LogP contribution in [0.4, 0.5) is 4.39 Å². The van der Waals surface area contributed by atoms with Crippen LogP contribution >= 0.6 is 0 Å². The van der Waals surface area contributed by atoms with Gasteiger partial charge in [-0.2, -0.15) is 0 Å². The molecule has 1 N–H and O–H groups in total. The Bertz CT molecular complexity index is 478. The van der Waals surface area contributed by atoms with Crippen LogP contribution in [0.5, 0.6) is 5.75 Å². The van der Waals surface area contributed by atoms with Gasteiger partial charge in [0.25, 0.3) is 0 Å². The summed E-state index contributed by atoms with van der Waals surface area (Å²) in [5, 5.41) is 9.10. The maximum Gasteiger partial charge on any atom is 0.308 e. The molecule has 1 aromatic rings. The van der Waals surface area contributed by atoms with Crippen molar-refractivity contribution in [2.75, 3.05) is 13.7 Å². The molecular weight excluding hydrogens is 249 g/mol. The number of hydrogen-bond donors (Lipinski definition) is 1. The summed E-state index contributed by atoms with van der Waals surface area (Å²) in [5.74, 6) is -0.787. The van der Waals surface area contributed by atoms with E-state index < -0.39 is 5.97 Å². The van der Waals surface area contributed by atoms with E-state index >= 15 is 0 Å². The predicted molar refractivity (Wildman–Crippen MR) is 68.6 cm³/mol. The standard InChI is InChI=1S/C14H18FNO3/c1-9-12(14(17)18)5-6-16(9)8-10-7-11(15)3-4-13(10)19-2/h3-4,7,9,12H,5-6,8H2,1-2H3,(H,17,18).